The monoisotopic (exact) mass is 628 g/mol. The highest BCUT2D eigenvalue weighted by atomic mass is 32.2. The fourth-order valence-corrected chi connectivity index (χ4v) is 9.13. The lowest BCUT2D eigenvalue weighted by Crippen LogP contribution is -2.43. The van der Waals surface area contributed by atoms with Gasteiger partial charge in [0.25, 0.3) is 0 Å². The topological polar surface area (TPSA) is 70.1 Å². The molecule has 1 aliphatic heterocycles. The van der Waals surface area contributed by atoms with Crippen molar-refractivity contribution in [3.8, 4) is 5.75 Å². The van der Waals surface area contributed by atoms with Gasteiger partial charge >= 0.3 is 0 Å². The van der Waals surface area contributed by atoms with Gasteiger partial charge in [0.15, 0.2) is 9.84 Å². The van der Waals surface area contributed by atoms with Crippen LogP contribution in [0.15, 0.2) is 47.4 Å². The minimum absolute atomic E-state index is 0.0121. The zero-order valence-corrected chi connectivity index (χ0v) is 29.3. The van der Waals surface area contributed by atoms with Gasteiger partial charge in [-0.15, -0.1) is 0 Å². The molecule has 1 N–H and O–H groups in total. The Bertz CT molecular complexity index is 1210. The molecule has 1 aliphatic rings. The predicted molar refractivity (Wildman–Crippen MR) is 185 cm³/mol. The van der Waals surface area contributed by atoms with E-state index in [0.29, 0.717) is 29.9 Å². The summed E-state index contributed by atoms with van der Waals surface area (Å²) >= 11 is 0. The first-order chi connectivity index (χ1) is 21.1. The summed E-state index contributed by atoms with van der Waals surface area (Å²) < 4.78 is 34.2. The summed E-state index contributed by atoms with van der Waals surface area (Å²) in [6.45, 7) is 12.9. The number of ether oxygens (including phenoxy) is 1. The molecule has 0 bridgehead atoms. The molecular weight excluding hydrogens is 568 g/mol. The number of benzene rings is 2. The molecule has 2 aromatic rings. The van der Waals surface area contributed by atoms with Crippen molar-refractivity contribution in [2.75, 3.05) is 51.0 Å². The van der Waals surface area contributed by atoms with Crippen molar-refractivity contribution in [1.82, 2.24) is 4.90 Å². The average molecular weight is 629 g/mol. The van der Waals surface area contributed by atoms with E-state index in [1.54, 1.807) is 6.07 Å². The number of nitrogens with zero attached hydrogens (tertiary/aromatic N) is 2. The van der Waals surface area contributed by atoms with Crippen LogP contribution in [0.1, 0.15) is 115 Å². The summed E-state index contributed by atoms with van der Waals surface area (Å²) in [5, 5.41) is 12.4. The van der Waals surface area contributed by atoms with Crippen molar-refractivity contribution in [2.45, 2.75) is 115 Å². The molecule has 3 rings (SSSR count). The highest BCUT2D eigenvalue weighted by Crippen LogP contribution is 2.50. The number of sulfone groups is 1. The Labute approximate surface area is 269 Å². The molecule has 7 heteroatoms. The van der Waals surface area contributed by atoms with Gasteiger partial charge in [0, 0.05) is 31.1 Å². The maximum Gasteiger partial charge on any atom is 0.179 e. The van der Waals surface area contributed by atoms with E-state index in [2.05, 4.69) is 32.6 Å². The molecule has 0 saturated heterocycles. The van der Waals surface area contributed by atoms with Gasteiger partial charge in [0.1, 0.15) is 5.75 Å². The second-order valence-corrected chi connectivity index (χ2v) is 15.1. The lowest BCUT2D eigenvalue weighted by atomic mass is 9.68. The Morgan fingerprint density at radius 1 is 0.818 bits per heavy atom. The summed E-state index contributed by atoms with van der Waals surface area (Å²) in [5.41, 5.74) is 1.86. The minimum atomic E-state index is -3.61. The van der Waals surface area contributed by atoms with Gasteiger partial charge in [-0.3, -0.25) is 0 Å². The van der Waals surface area contributed by atoms with Gasteiger partial charge in [0.05, 0.1) is 23.4 Å². The Morgan fingerprint density at radius 2 is 1.45 bits per heavy atom. The SMILES string of the molecule is CCCCC1(CCCC)CS(=O)(=O)c2ccc(N(C)C)cc2[C@@H](c2ccc(OCCCCCN(CCC)CCC)cc2)[C@H]1O. The van der Waals surface area contributed by atoms with Gasteiger partial charge in [0.2, 0.25) is 0 Å². The van der Waals surface area contributed by atoms with Gasteiger partial charge in [-0.25, -0.2) is 8.42 Å². The fraction of sp³-hybridized carbons (Fsp3) is 0.676. The summed E-state index contributed by atoms with van der Waals surface area (Å²) in [4.78, 5) is 4.91. The van der Waals surface area contributed by atoms with Crippen LogP contribution in [-0.4, -0.2) is 70.6 Å². The first-order valence-electron chi connectivity index (χ1n) is 17.3. The van der Waals surface area contributed by atoms with E-state index in [0.717, 1.165) is 62.1 Å². The van der Waals surface area contributed by atoms with Crippen LogP contribution in [0.3, 0.4) is 0 Å². The molecule has 248 valence electrons. The molecule has 1 heterocycles. The van der Waals surface area contributed by atoms with Crippen molar-refractivity contribution in [2.24, 2.45) is 5.41 Å². The van der Waals surface area contributed by atoms with Crippen LogP contribution in [0.25, 0.3) is 0 Å². The molecule has 0 amide bonds. The normalized spacial score (nSPS) is 19.0. The number of aliphatic hydroxyl groups is 1. The van der Waals surface area contributed by atoms with E-state index in [9.17, 15) is 13.5 Å². The van der Waals surface area contributed by atoms with Gasteiger partial charge in [-0.1, -0.05) is 65.5 Å². The Balaban J connectivity index is 1.86. The number of fused-ring (bicyclic) bond motifs is 1. The molecule has 0 aliphatic carbocycles. The number of rotatable bonds is 19. The van der Waals surface area contributed by atoms with E-state index >= 15 is 0 Å². The summed E-state index contributed by atoms with van der Waals surface area (Å²) in [6.07, 6.45) is 10.1. The van der Waals surface area contributed by atoms with Crippen LogP contribution in [0.2, 0.25) is 0 Å². The molecule has 0 saturated carbocycles. The second kappa shape index (κ2) is 17.6. The zero-order chi connectivity index (χ0) is 32.2. The van der Waals surface area contributed by atoms with Crippen LogP contribution in [0.5, 0.6) is 5.75 Å². The van der Waals surface area contributed by atoms with Gasteiger partial charge < -0.3 is 19.6 Å². The zero-order valence-electron chi connectivity index (χ0n) is 28.5. The standard InChI is InChI=1S/C37H60N2O4S/c1-7-11-22-37(23-12-8-2)29-44(41,42)34-21-18-31(38(5)6)28-33(34)35(36(37)40)30-16-19-32(20-17-30)43-27-15-13-14-26-39(24-9-3)25-10-4/h16-21,28,35-36,40H,7-15,22-27,29H2,1-6H3/t35-,36-/m1/s1. The third kappa shape index (κ3) is 9.46. The van der Waals surface area contributed by atoms with Crippen molar-refractivity contribution < 1.29 is 18.3 Å². The molecule has 0 spiro atoms. The second-order valence-electron chi connectivity index (χ2n) is 13.2. The Morgan fingerprint density at radius 3 is 2.02 bits per heavy atom. The lowest BCUT2D eigenvalue weighted by molar-refractivity contribution is 0.0127. The van der Waals surface area contributed by atoms with E-state index < -0.39 is 27.3 Å². The number of aliphatic hydroxyl groups excluding tert-OH is 1. The maximum atomic E-state index is 14.0. The van der Waals surface area contributed by atoms with Gasteiger partial charge in [-0.05, 0) is 106 Å². The number of anilines is 1. The van der Waals surface area contributed by atoms with Crippen LogP contribution in [0, 0.1) is 5.41 Å². The van der Waals surface area contributed by atoms with E-state index in [1.165, 1.54) is 32.4 Å². The first kappa shape index (κ1) is 36.4. The molecule has 0 unspecified atom stereocenters. The molecular formula is C37H60N2O4S. The van der Waals surface area contributed by atoms with Crippen molar-refractivity contribution >= 4 is 15.5 Å². The third-order valence-electron chi connectivity index (χ3n) is 9.36. The minimum Gasteiger partial charge on any atom is -0.494 e. The van der Waals surface area contributed by atoms with Gasteiger partial charge in [-0.2, -0.15) is 0 Å². The van der Waals surface area contributed by atoms with Crippen LogP contribution >= 0.6 is 0 Å². The maximum absolute atomic E-state index is 14.0. The lowest BCUT2D eigenvalue weighted by Gasteiger charge is -2.40. The Kier molecular flexibility index (Phi) is 14.5. The van der Waals surface area contributed by atoms with Crippen LogP contribution in [0.4, 0.5) is 5.69 Å². The molecule has 0 fully saturated rings. The molecule has 2 atom stereocenters. The molecule has 44 heavy (non-hydrogen) atoms. The molecule has 2 aromatic carbocycles. The molecule has 0 radical (unpaired) electrons. The molecule has 6 nitrogen and oxygen atoms in total. The molecule has 0 aromatic heterocycles. The third-order valence-corrected chi connectivity index (χ3v) is 11.4. The van der Waals surface area contributed by atoms with Crippen molar-refractivity contribution in [3.63, 3.8) is 0 Å². The highest BCUT2D eigenvalue weighted by molar-refractivity contribution is 7.91. The summed E-state index contributed by atoms with van der Waals surface area (Å²) in [5.74, 6) is 0.356. The van der Waals surface area contributed by atoms with Crippen LogP contribution < -0.4 is 9.64 Å². The summed E-state index contributed by atoms with van der Waals surface area (Å²) in [7, 11) is 0.314. The first-order valence-corrected chi connectivity index (χ1v) is 18.9. The van der Waals surface area contributed by atoms with E-state index in [-0.39, 0.29) is 5.75 Å². The number of hydrogen-bond acceptors (Lipinski definition) is 6. The predicted octanol–water partition coefficient (Wildman–Crippen LogP) is 8.07. The van der Waals surface area contributed by atoms with E-state index in [1.807, 2.05) is 55.4 Å². The smallest absolute Gasteiger partial charge is 0.179 e. The quantitative estimate of drug-likeness (QED) is 0.159. The highest BCUT2D eigenvalue weighted by Gasteiger charge is 2.49. The van der Waals surface area contributed by atoms with Crippen LogP contribution in [-0.2, 0) is 9.84 Å². The van der Waals surface area contributed by atoms with E-state index in [4.69, 9.17) is 4.74 Å². The van der Waals surface area contributed by atoms with Crippen molar-refractivity contribution in [3.05, 3.63) is 53.6 Å². The largest absolute Gasteiger partial charge is 0.494 e. The fourth-order valence-electron chi connectivity index (χ4n) is 6.93. The number of hydrogen-bond donors (Lipinski definition) is 1. The summed E-state index contributed by atoms with van der Waals surface area (Å²) in [6, 6.07) is 13.7. The van der Waals surface area contributed by atoms with Crippen molar-refractivity contribution in [1.29, 1.82) is 0 Å². The Hall–Kier alpha value is -2.09. The number of unbranched alkanes of at least 4 members (excludes halogenated alkanes) is 4. The average Bonchev–Trinajstić information content (AvgIpc) is 3.07.